The van der Waals surface area contributed by atoms with Crippen LogP contribution in [0.1, 0.15) is 16.7 Å². The van der Waals surface area contributed by atoms with Gasteiger partial charge in [-0.3, -0.25) is 0 Å². The quantitative estimate of drug-likeness (QED) is 0.898. The van der Waals surface area contributed by atoms with Gasteiger partial charge in [0.2, 0.25) is 0 Å². The molecule has 2 nitrogen and oxygen atoms in total. The molecule has 18 heavy (non-hydrogen) atoms. The average Bonchev–Trinajstić information content (AvgIpc) is 2.38. The Hall–Kier alpha value is -1.87. The molecule has 2 rings (SSSR count). The maximum Gasteiger partial charge on any atom is 0.134 e. The van der Waals surface area contributed by atoms with E-state index in [-0.39, 0.29) is 19.0 Å². The number of rotatable bonds is 4. The van der Waals surface area contributed by atoms with Gasteiger partial charge in [0.15, 0.2) is 0 Å². The molecule has 0 atom stereocenters. The number of aryl methyl sites for hydroxylation is 1. The van der Waals surface area contributed by atoms with Crippen LogP contribution in [0.25, 0.3) is 0 Å². The Morgan fingerprint density at radius 3 is 2.56 bits per heavy atom. The lowest BCUT2D eigenvalue weighted by Crippen LogP contribution is -2.05. The lowest BCUT2D eigenvalue weighted by Gasteiger charge is -2.09. The molecule has 0 bridgehead atoms. The molecular weight excluding hydrogens is 229 g/mol. The third-order valence-corrected chi connectivity index (χ3v) is 2.76. The molecule has 0 heterocycles. The number of ether oxygens (including phenoxy) is 1. The highest BCUT2D eigenvalue weighted by Gasteiger charge is 2.07. The van der Waals surface area contributed by atoms with Crippen LogP contribution < -0.4 is 10.5 Å². The molecular formula is C15H16FNO. The van der Waals surface area contributed by atoms with E-state index in [4.69, 9.17) is 10.5 Å². The van der Waals surface area contributed by atoms with E-state index in [1.807, 2.05) is 31.2 Å². The van der Waals surface area contributed by atoms with Crippen molar-refractivity contribution < 1.29 is 9.13 Å². The van der Waals surface area contributed by atoms with Crippen LogP contribution in [0.5, 0.6) is 5.75 Å². The van der Waals surface area contributed by atoms with Gasteiger partial charge in [0.1, 0.15) is 18.2 Å². The normalized spacial score (nSPS) is 10.4. The molecule has 0 amide bonds. The number of hydrogen-bond acceptors (Lipinski definition) is 2. The Morgan fingerprint density at radius 1 is 1.11 bits per heavy atom. The lowest BCUT2D eigenvalue weighted by molar-refractivity contribution is 0.299. The van der Waals surface area contributed by atoms with Crippen molar-refractivity contribution in [1.29, 1.82) is 0 Å². The Balaban J connectivity index is 2.11. The summed E-state index contributed by atoms with van der Waals surface area (Å²) in [7, 11) is 0. The van der Waals surface area contributed by atoms with Crippen molar-refractivity contribution in [1.82, 2.24) is 0 Å². The van der Waals surface area contributed by atoms with Gasteiger partial charge < -0.3 is 10.5 Å². The molecule has 0 aliphatic rings. The van der Waals surface area contributed by atoms with Crippen molar-refractivity contribution in [2.75, 3.05) is 0 Å². The molecule has 0 aliphatic carbocycles. The summed E-state index contributed by atoms with van der Waals surface area (Å²) in [6, 6.07) is 12.9. The van der Waals surface area contributed by atoms with Crippen LogP contribution in [0.2, 0.25) is 0 Å². The molecule has 0 aliphatic heterocycles. The van der Waals surface area contributed by atoms with Crippen molar-refractivity contribution in [2.45, 2.75) is 20.1 Å². The summed E-state index contributed by atoms with van der Waals surface area (Å²) in [5, 5.41) is 0. The Kier molecular flexibility index (Phi) is 3.95. The first-order chi connectivity index (χ1) is 8.70. The first-order valence-corrected chi connectivity index (χ1v) is 5.86. The first-order valence-electron chi connectivity index (χ1n) is 5.86. The Bertz CT molecular complexity index is 540. The van der Waals surface area contributed by atoms with Gasteiger partial charge >= 0.3 is 0 Å². The summed E-state index contributed by atoms with van der Waals surface area (Å²) >= 11 is 0. The zero-order chi connectivity index (χ0) is 13.0. The van der Waals surface area contributed by atoms with Crippen molar-refractivity contribution in [3.05, 3.63) is 65.0 Å². The second-order valence-electron chi connectivity index (χ2n) is 4.20. The number of halogens is 1. The summed E-state index contributed by atoms with van der Waals surface area (Å²) in [5.41, 5.74) is 7.62. The van der Waals surface area contributed by atoms with Crippen LogP contribution in [0.4, 0.5) is 4.39 Å². The molecule has 2 aromatic rings. The van der Waals surface area contributed by atoms with Crippen LogP contribution in [0, 0.1) is 12.7 Å². The molecule has 0 radical (unpaired) electrons. The molecule has 0 saturated heterocycles. The molecule has 0 unspecified atom stereocenters. The highest BCUT2D eigenvalue weighted by Crippen LogP contribution is 2.17. The average molecular weight is 245 g/mol. The fourth-order valence-corrected chi connectivity index (χ4v) is 1.77. The van der Waals surface area contributed by atoms with Gasteiger partial charge in [0, 0.05) is 17.7 Å². The van der Waals surface area contributed by atoms with Crippen LogP contribution in [0.15, 0.2) is 42.5 Å². The van der Waals surface area contributed by atoms with E-state index < -0.39 is 0 Å². The highest BCUT2D eigenvalue weighted by molar-refractivity contribution is 5.29. The molecule has 0 aromatic heterocycles. The predicted octanol–water partition coefficient (Wildman–Crippen LogP) is 3.17. The second kappa shape index (κ2) is 5.65. The molecule has 2 N–H and O–H groups in total. The van der Waals surface area contributed by atoms with E-state index >= 15 is 0 Å². The van der Waals surface area contributed by atoms with Crippen molar-refractivity contribution in [3.8, 4) is 5.75 Å². The zero-order valence-corrected chi connectivity index (χ0v) is 10.3. The van der Waals surface area contributed by atoms with Crippen molar-refractivity contribution >= 4 is 0 Å². The maximum absolute atomic E-state index is 13.9. The summed E-state index contributed by atoms with van der Waals surface area (Å²) in [6.45, 7) is 2.40. The molecule has 0 spiro atoms. The van der Waals surface area contributed by atoms with E-state index in [1.165, 1.54) is 0 Å². The third kappa shape index (κ3) is 2.87. The minimum absolute atomic E-state index is 0.199. The molecule has 0 saturated carbocycles. The summed E-state index contributed by atoms with van der Waals surface area (Å²) in [5.74, 6) is 0.472. The summed E-state index contributed by atoms with van der Waals surface area (Å²) in [4.78, 5) is 0. The van der Waals surface area contributed by atoms with Crippen molar-refractivity contribution in [2.24, 2.45) is 5.73 Å². The van der Waals surface area contributed by atoms with E-state index in [1.54, 1.807) is 18.2 Å². The summed E-state index contributed by atoms with van der Waals surface area (Å²) < 4.78 is 19.5. The maximum atomic E-state index is 13.9. The number of hydrogen-bond donors (Lipinski definition) is 1. The smallest absolute Gasteiger partial charge is 0.134 e. The highest BCUT2D eigenvalue weighted by atomic mass is 19.1. The Labute approximate surface area is 106 Å². The van der Waals surface area contributed by atoms with Crippen LogP contribution >= 0.6 is 0 Å². The van der Waals surface area contributed by atoms with Crippen LogP contribution in [0.3, 0.4) is 0 Å². The largest absolute Gasteiger partial charge is 0.489 e. The zero-order valence-electron chi connectivity index (χ0n) is 10.3. The number of nitrogens with two attached hydrogens (primary N) is 1. The monoisotopic (exact) mass is 245 g/mol. The third-order valence-electron chi connectivity index (χ3n) is 2.76. The van der Waals surface area contributed by atoms with Gasteiger partial charge in [-0.1, -0.05) is 30.3 Å². The fourth-order valence-electron chi connectivity index (χ4n) is 1.77. The van der Waals surface area contributed by atoms with Gasteiger partial charge in [0.25, 0.3) is 0 Å². The SMILES string of the molecule is Cc1cccc(OCc2cccc(CN)c2F)c1. The van der Waals surface area contributed by atoms with Crippen LogP contribution in [-0.4, -0.2) is 0 Å². The van der Waals surface area contributed by atoms with Gasteiger partial charge in [-0.15, -0.1) is 0 Å². The van der Waals surface area contributed by atoms with E-state index in [0.29, 0.717) is 11.1 Å². The molecule has 3 heteroatoms. The van der Waals surface area contributed by atoms with Gasteiger partial charge in [0.05, 0.1) is 0 Å². The van der Waals surface area contributed by atoms with Gasteiger partial charge in [-0.2, -0.15) is 0 Å². The second-order valence-corrected chi connectivity index (χ2v) is 4.20. The molecule has 0 fully saturated rings. The standard InChI is InChI=1S/C15H16FNO/c1-11-4-2-7-14(8-11)18-10-13-6-3-5-12(9-17)15(13)16/h2-8H,9-10,17H2,1H3. The topological polar surface area (TPSA) is 35.2 Å². The van der Waals surface area contributed by atoms with Crippen molar-refractivity contribution in [3.63, 3.8) is 0 Å². The number of benzene rings is 2. The van der Waals surface area contributed by atoms with E-state index in [9.17, 15) is 4.39 Å². The van der Waals surface area contributed by atoms with E-state index in [0.717, 1.165) is 11.3 Å². The summed E-state index contributed by atoms with van der Waals surface area (Å²) in [6.07, 6.45) is 0. The minimum atomic E-state index is -0.271. The van der Waals surface area contributed by atoms with Crippen LogP contribution in [-0.2, 0) is 13.2 Å². The molecule has 94 valence electrons. The van der Waals surface area contributed by atoms with Gasteiger partial charge in [-0.05, 0) is 24.6 Å². The van der Waals surface area contributed by atoms with E-state index in [2.05, 4.69) is 0 Å². The fraction of sp³-hybridized carbons (Fsp3) is 0.200. The molecule has 2 aromatic carbocycles. The predicted molar refractivity (Wildman–Crippen MR) is 69.8 cm³/mol. The lowest BCUT2D eigenvalue weighted by atomic mass is 10.1. The Morgan fingerprint density at radius 2 is 1.83 bits per heavy atom. The van der Waals surface area contributed by atoms with Gasteiger partial charge in [-0.25, -0.2) is 4.39 Å². The first kappa shape index (κ1) is 12.6. The minimum Gasteiger partial charge on any atom is -0.489 e.